The van der Waals surface area contributed by atoms with Crippen molar-refractivity contribution in [2.24, 2.45) is 17.3 Å². The van der Waals surface area contributed by atoms with Gasteiger partial charge >= 0.3 is 0 Å². The molecule has 3 heterocycles. The van der Waals surface area contributed by atoms with Gasteiger partial charge in [0.15, 0.2) is 0 Å². The molecule has 3 fully saturated rings. The molecule has 6 atom stereocenters. The van der Waals surface area contributed by atoms with Gasteiger partial charge in [-0.25, -0.2) is 0 Å². The maximum Gasteiger partial charge on any atom is 0.249 e. The molecule has 0 radical (unpaired) electrons. The van der Waals surface area contributed by atoms with Gasteiger partial charge in [0.2, 0.25) is 17.7 Å². The Morgan fingerprint density at radius 3 is 2.25 bits per heavy atom. The van der Waals surface area contributed by atoms with Gasteiger partial charge in [-0.15, -0.1) is 13.2 Å². The van der Waals surface area contributed by atoms with E-state index >= 15 is 0 Å². The van der Waals surface area contributed by atoms with Crippen molar-refractivity contribution >= 4 is 17.7 Å². The van der Waals surface area contributed by atoms with E-state index in [2.05, 4.69) is 47.8 Å². The minimum Gasteiger partial charge on any atom is -0.394 e. The number of rotatable bonds is 13. The summed E-state index contributed by atoms with van der Waals surface area (Å²) < 4.78 is 6.84. The second-order valence-corrected chi connectivity index (χ2v) is 14.1. The first kappa shape index (κ1) is 32.3. The molecule has 3 rings (SSSR count). The maximum absolute atomic E-state index is 14.8. The predicted molar refractivity (Wildman–Crippen MR) is 157 cm³/mol. The molecule has 3 amide bonds. The molecule has 2 unspecified atom stereocenters. The molecule has 3 aliphatic rings. The van der Waals surface area contributed by atoms with Crippen molar-refractivity contribution in [3.63, 3.8) is 0 Å². The number of nitrogens with zero attached hydrogens (tertiary/aromatic N) is 3. The zero-order valence-electron chi connectivity index (χ0n) is 26.2. The fourth-order valence-corrected chi connectivity index (χ4v) is 8.05. The molecule has 0 aliphatic carbocycles. The maximum atomic E-state index is 14.8. The van der Waals surface area contributed by atoms with E-state index in [9.17, 15) is 19.5 Å². The Bertz CT molecular complexity index is 999. The standard InChI is InChI=1S/C32H53N3O5/c1-11-17-33(18-12-2)26(37)23-24-27(38)35(22(14-4)20-36)25(32(24)16-15-31(23,10)40-32)28(39)34(19-13-3)30(8,9)21-29(5,6)7/h11,13,22-25,36H,1,3,12,14-21H2,2,4-10H3/t22-,23+,24-,25?,31-,32?/m0/s1. The third-order valence-corrected chi connectivity index (χ3v) is 9.22. The molecule has 226 valence electrons. The molecule has 0 aromatic carbocycles. The van der Waals surface area contributed by atoms with Crippen molar-refractivity contribution in [1.82, 2.24) is 14.7 Å². The van der Waals surface area contributed by atoms with Crippen molar-refractivity contribution in [2.45, 2.75) is 116 Å². The lowest BCUT2D eigenvalue weighted by Gasteiger charge is -2.46. The molecule has 3 aliphatic heterocycles. The van der Waals surface area contributed by atoms with Crippen molar-refractivity contribution in [3.05, 3.63) is 25.3 Å². The van der Waals surface area contributed by atoms with Gasteiger partial charge in [-0.3, -0.25) is 14.4 Å². The summed E-state index contributed by atoms with van der Waals surface area (Å²) >= 11 is 0. The summed E-state index contributed by atoms with van der Waals surface area (Å²) in [6.45, 7) is 25.1. The zero-order valence-corrected chi connectivity index (χ0v) is 26.2. The molecule has 8 heteroatoms. The summed E-state index contributed by atoms with van der Waals surface area (Å²) in [5, 5.41) is 10.4. The minimum atomic E-state index is -1.13. The summed E-state index contributed by atoms with van der Waals surface area (Å²) in [6, 6.07) is -1.48. The fourth-order valence-electron chi connectivity index (χ4n) is 8.05. The Kier molecular flexibility index (Phi) is 9.37. The van der Waals surface area contributed by atoms with Gasteiger partial charge < -0.3 is 24.5 Å². The van der Waals surface area contributed by atoms with Crippen LogP contribution in [0.1, 0.15) is 87.5 Å². The van der Waals surface area contributed by atoms with E-state index in [0.717, 1.165) is 12.8 Å². The Morgan fingerprint density at radius 2 is 1.75 bits per heavy atom. The van der Waals surface area contributed by atoms with Crippen LogP contribution in [-0.4, -0.2) is 92.6 Å². The third kappa shape index (κ3) is 5.38. The molecule has 1 N–H and O–H groups in total. The second kappa shape index (κ2) is 11.6. The zero-order chi connectivity index (χ0) is 30.3. The first-order chi connectivity index (χ1) is 18.6. The number of carbonyl (C=O) groups is 3. The fraction of sp³-hybridized carbons (Fsp3) is 0.781. The quantitative estimate of drug-likeness (QED) is 0.342. The van der Waals surface area contributed by atoms with Gasteiger partial charge in [0.05, 0.1) is 30.1 Å². The highest BCUT2D eigenvalue weighted by atomic mass is 16.5. The first-order valence-electron chi connectivity index (χ1n) is 15.0. The lowest BCUT2D eigenvalue weighted by atomic mass is 9.66. The number of aliphatic hydroxyl groups excluding tert-OH is 1. The number of hydrogen-bond acceptors (Lipinski definition) is 5. The number of fused-ring (bicyclic) bond motifs is 1. The van der Waals surface area contributed by atoms with Gasteiger partial charge in [-0.1, -0.05) is 46.8 Å². The van der Waals surface area contributed by atoms with Crippen LogP contribution in [0.4, 0.5) is 0 Å². The lowest BCUT2D eigenvalue weighted by Crippen LogP contribution is -2.62. The largest absolute Gasteiger partial charge is 0.394 e. The summed E-state index contributed by atoms with van der Waals surface area (Å²) in [5.41, 5.74) is -2.56. The Morgan fingerprint density at radius 1 is 1.12 bits per heavy atom. The highest BCUT2D eigenvalue weighted by molar-refractivity contribution is 5.99. The number of likely N-dealkylation sites (tertiary alicyclic amines) is 1. The van der Waals surface area contributed by atoms with Crippen LogP contribution in [0.25, 0.3) is 0 Å². The minimum absolute atomic E-state index is 0.0482. The van der Waals surface area contributed by atoms with Crippen LogP contribution in [0, 0.1) is 17.3 Å². The number of ether oxygens (including phenoxy) is 1. The summed E-state index contributed by atoms with van der Waals surface area (Å²) in [6.07, 6.45) is 6.52. The van der Waals surface area contributed by atoms with E-state index in [4.69, 9.17) is 4.74 Å². The van der Waals surface area contributed by atoms with Crippen LogP contribution in [0.5, 0.6) is 0 Å². The SMILES string of the molecule is C=CCN(CCC)C(=O)[C@H]1[C@H]2C(=O)N([C@@H](CC)CO)C(C(=O)N(CC=C)C(C)(C)CC(C)(C)C)C23CC[C@]1(C)O3. The third-order valence-electron chi connectivity index (χ3n) is 9.22. The van der Waals surface area contributed by atoms with Gasteiger partial charge in [-0.2, -0.15) is 0 Å². The number of carbonyl (C=O) groups excluding carboxylic acids is 3. The average molecular weight is 560 g/mol. The predicted octanol–water partition coefficient (Wildman–Crippen LogP) is 4.18. The number of amides is 3. The van der Waals surface area contributed by atoms with E-state index in [1.165, 1.54) is 0 Å². The molecule has 3 saturated heterocycles. The van der Waals surface area contributed by atoms with E-state index in [1.54, 1.807) is 22.0 Å². The van der Waals surface area contributed by atoms with Gasteiger partial charge in [0.25, 0.3) is 0 Å². The van der Waals surface area contributed by atoms with Gasteiger partial charge in [0.1, 0.15) is 11.6 Å². The van der Waals surface area contributed by atoms with Crippen LogP contribution in [0.3, 0.4) is 0 Å². The number of hydrogen-bond donors (Lipinski definition) is 1. The Hall–Kier alpha value is -2.19. The molecule has 0 aromatic heterocycles. The van der Waals surface area contributed by atoms with E-state index in [0.29, 0.717) is 38.9 Å². The summed E-state index contributed by atoms with van der Waals surface area (Å²) in [5.74, 6) is -2.07. The van der Waals surface area contributed by atoms with Gasteiger partial charge in [-0.05, 0) is 58.3 Å². The first-order valence-corrected chi connectivity index (χ1v) is 15.0. The molecule has 0 aromatic rings. The second-order valence-electron chi connectivity index (χ2n) is 14.1. The summed E-state index contributed by atoms with van der Waals surface area (Å²) in [7, 11) is 0. The molecule has 1 spiro atoms. The highest BCUT2D eigenvalue weighted by Gasteiger charge is 2.79. The van der Waals surface area contributed by atoms with Crippen LogP contribution in [0.2, 0.25) is 0 Å². The van der Waals surface area contributed by atoms with Crippen molar-refractivity contribution < 1.29 is 24.2 Å². The van der Waals surface area contributed by atoms with Crippen molar-refractivity contribution in [1.29, 1.82) is 0 Å². The molecule has 2 bridgehead atoms. The average Bonchev–Trinajstić information content (AvgIpc) is 3.42. The Labute approximate surface area is 241 Å². The summed E-state index contributed by atoms with van der Waals surface area (Å²) in [4.78, 5) is 48.6. The lowest BCUT2D eigenvalue weighted by molar-refractivity contribution is -0.160. The van der Waals surface area contributed by atoms with Crippen LogP contribution in [-0.2, 0) is 19.1 Å². The molecular weight excluding hydrogens is 506 g/mol. The van der Waals surface area contributed by atoms with E-state index in [-0.39, 0.29) is 29.7 Å². The van der Waals surface area contributed by atoms with Crippen molar-refractivity contribution in [2.75, 3.05) is 26.2 Å². The normalized spacial score (nSPS) is 30.3. The molecule has 8 nitrogen and oxygen atoms in total. The topological polar surface area (TPSA) is 90.4 Å². The number of aliphatic hydroxyl groups is 1. The Balaban J connectivity index is 2.17. The van der Waals surface area contributed by atoms with Crippen LogP contribution >= 0.6 is 0 Å². The smallest absolute Gasteiger partial charge is 0.249 e. The van der Waals surface area contributed by atoms with E-state index in [1.807, 2.05) is 25.7 Å². The monoisotopic (exact) mass is 559 g/mol. The molecular formula is C32H53N3O5. The van der Waals surface area contributed by atoms with Crippen LogP contribution in [0.15, 0.2) is 25.3 Å². The molecule has 40 heavy (non-hydrogen) atoms. The van der Waals surface area contributed by atoms with E-state index < -0.39 is 40.7 Å². The highest BCUT2D eigenvalue weighted by Crippen LogP contribution is 2.64. The van der Waals surface area contributed by atoms with Gasteiger partial charge in [0, 0.05) is 25.2 Å². The van der Waals surface area contributed by atoms with Crippen molar-refractivity contribution in [3.8, 4) is 0 Å². The molecule has 0 saturated carbocycles. The van der Waals surface area contributed by atoms with Crippen LogP contribution < -0.4 is 0 Å².